The van der Waals surface area contributed by atoms with Gasteiger partial charge in [0.15, 0.2) is 6.10 Å². The molecular weight excluding hydrogens is 1560 g/mol. The summed E-state index contributed by atoms with van der Waals surface area (Å²) in [6, 6.07) is -1.61. The third-order valence-corrected chi connectivity index (χ3v) is 21.9. The lowest BCUT2D eigenvalue weighted by molar-refractivity contribution is -0.190. The maximum absolute atomic E-state index is 14.1. The van der Waals surface area contributed by atoms with Gasteiger partial charge in [-0.05, 0) is 25.7 Å². The van der Waals surface area contributed by atoms with Crippen LogP contribution < -0.4 is 0 Å². The standard InChI is InChI=1S/C94H175N3O24/c1-5-9-13-17-21-25-29-33-37-41-45-49-53-57-89(106)119-80-83(116-64-56-52-48-44-40-36-32-28-24-20-16-12-8-4)93(84(121-91(108)59-55-51-47-43-39-35-31-27-23-19-15-11-7-3)81-120-90(107)58-54-50-46-42-38-34-30-26-22-18-14-10-6-2)118-74-72-115-70-68-113-66-65-112-67-69-114-71-73-117-92(109)75-82(94(110)111)97(62-60-95(76-85(98)99)77-86(100)101)63-61-96(78-87(102)103)79-88(104)105/h82-84,93H,5-81H2,1-4H3,(H,98,99)(H,100,101)(H,102,103)(H,104,105)(H,110,111). The first-order valence-electron chi connectivity index (χ1n) is 48.4. The maximum Gasteiger partial charge on any atom is 0.321 e. The van der Waals surface area contributed by atoms with Gasteiger partial charge in [0, 0.05) is 52.0 Å². The molecule has 27 nitrogen and oxygen atoms in total. The molecule has 0 spiro atoms. The summed E-state index contributed by atoms with van der Waals surface area (Å²) in [6.45, 7) is 5.87. The van der Waals surface area contributed by atoms with Crippen molar-refractivity contribution in [3.05, 3.63) is 0 Å². The molecule has 121 heavy (non-hydrogen) atoms. The Kier molecular flexibility index (Phi) is 84.6. The summed E-state index contributed by atoms with van der Waals surface area (Å²) in [5.41, 5.74) is 0. The zero-order valence-corrected chi connectivity index (χ0v) is 76.6. The number of unbranched alkanes of at least 4 members (excludes halogenated alkanes) is 48. The van der Waals surface area contributed by atoms with E-state index in [1.807, 2.05) is 0 Å². The van der Waals surface area contributed by atoms with Crippen molar-refractivity contribution < 1.29 is 116 Å². The Morgan fingerprint density at radius 3 is 0.818 bits per heavy atom. The highest BCUT2D eigenvalue weighted by Crippen LogP contribution is 2.23. The minimum absolute atomic E-state index is 0.0298. The number of hydrogen-bond donors (Lipinski definition) is 5. The van der Waals surface area contributed by atoms with Gasteiger partial charge >= 0.3 is 53.7 Å². The number of nitrogens with zero attached hydrogens (tertiary/aromatic N) is 3. The average Bonchev–Trinajstić information content (AvgIpc) is 0.774. The Labute approximate surface area is 731 Å². The van der Waals surface area contributed by atoms with E-state index in [0.717, 1.165) is 93.3 Å². The smallest absolute Gasteiger partial charge is 0.321 e. The van der Waals surface area contributed by atoms with Crippen LogP contribution in [0.4, 0.5) is 0 Å². The lowest BCUT2D eigenvalue weighted by Crippen LogP contribution is -2.50. The van der Waals surface area contributed by atoms with E-state index in [-0.39, 0.29) is 137 Å². The summed E-state index contributed by atoms with van der Waals surface area (Å²) in [7, 11) is 0. The normalized spacial score (nSPS) is 12.6. The second-order valence-corrected chi connectivity index (χ2v) is 33.1. The molecule has 0 amide bonds. The lowest BCUT2D eigenvalue weighted by atomic mass is 10.0. The third kappa shape index (κ3) is 80.5. The molecule has 0 fully saturated rings. The van der Waals surface area contributed by atoms with Crippen molar-refractivity contribution in [1.82, 2.24) is 14.7 Å². The summed E-state index contributed by atoms with van der Waals surface area (Å²) >= 11 is 0. The zero-order chi connectivity index (χ0) is 88.8. The van der Waals surface area contributed by atoms with E-state index in [9.17, 15) is 68.7 Å². The minimum atomic E-state index is -1.61. The van der Waals surface area contributed by atoms with Crippen LogP contribution in [0.3, 0.4) is 0 Å². The molecular formula is C94H175N3O24. The molecule has 5 N–H and O–H groups in total. The fourth-order valence-corrected chi connectivity index (χ4v) is 14.8. The quantitative estimate of drug-likeness (QED) is 0.0214. The van der Waals surface area contributed by atoms with Crippen LogP contribution in [0.15, 0.2) is 0 Å². The Morgan fingerprint density at radius 1 is 0.256 bits per heavy atom. The van der Waals surface area contributed by atoms with Crippen LogP contribution in [0.25, 0.3) is 0 Å². The average molecular weight is 1730 g/mol. The van der Waals surface area contributed by atoms with Crippen molar-refractivity contribution in [1.29, 1.82) is 0 Å². The van der Waals surface area contributed by atoms with Gasteiger partial charge in [-0.15, -0.1) is 0 Å². The molecule has 4 atom stereocenters. The number of carboxylic acid groups (broad SMARTS) is 5. The lowest BCUT2D eigenvalue weighted by Gasteiger charge is -2.33. The third-order valence-electron chi connectivity index (χ3n) is 21.9. The van der Waals surface area contributed by atoms with Crippen molar-refractivity contribution in [2.45, 2.75) is 412 Å². The number of carbonyl (C=O) groups excluding carboxylic acids is 4. The monoisotopic (exact) mass is 1730 g/mol. The fourth-order valence-electron chi connectivity index (χ4n) is 14.8. The molecule has 0 heterocycles. The number of esters is 4. The van der Waals surface area contributed by atoms with E-state index in [1.54, 1.807) is 0 Å². The number of aliphatic carboxylic acids is 5. The first-order valence-corrected chi connectivity index (χ1v) is 48.4. The number of carboxylic acids is 5. The van der Waals surface area contributed by atoms with Gasteiger partial charge in [0.25, 0.3) is 0 Å². The summed E-state index contributed by atoms with van der Waals surface area (Å²) in [6.07, 6.45) is 58.4. The number of rotatable bonds is 98. The predicted octanol–water partition coefficient (Wildman–Crippen LogP) is 19.0. The minimum Gasteiger partial charge on any atom is -0.480 e. The Hall–Kier alpha value is -5.13. The Balaban J connectivity index is 6.29. The van der Waals surface area contributed by atoms with Gasteiger partial charge in [-0.25, -0.2) is 0 Å². The van der Waals surface area contributed by atoms with Crippen LogP contribution in [-0.2, 0) is 90.5 Å². The molecule has 0 saturated carbocycles. The molecule has 0 rings (SSSR count). The highest BCUT2D eigenvalue weighted by molar-refractivity contribution is 5.81. The summed E-state index contributed by atoms with van der Waals surface area (Å²) in [4.78, 5) is 116. The number of carbonyl (C=O) groups is 9. The largest absolute Gasteiger partial charge is 0.480 e. The predicted molar refractivity (Wildman–Crippen MR) is 473 cm³/mol. The molecule has 0 saturated heterocycles. The van der Waals surface area contributed by atoms with Crippen LogP contribution in [0.2, 0.25) is 0 Å². The highest BCUT2D eigenvalue weighted by Gasteiger charge is 2.37. The first kappa shape index (κ1) is 116. The number of hydrogen-bond acceptors (Lipinski definition) is 22. The molecule has 710 valence electrons. The van der Waals surface area contributed by atoms with Crippen molar-refractivity contribution in [3.63, 3.8) is 0 Å². The van der Waals surface area contributed by atoms with Gasteiger partial charge in [0.05, 0.1) is 92.1 Å². The maximum atomic E-state index is 14.1. The van der Waals surface area contributed by atoms with Crippen LogP contribution in [-0.4, -0.2) is 257 Å². The van der Waals surface area contributed by atoms with Crippen molar-refractivity contribution in [2.75, 3.05) is 138 Å². The Bertz CT molecular complexity index is 2380. The van der Waals surface area contributed by atoms with Crippen LogP contribution in [0.1, 0.15) is 387 Å². The van der Waals surface area contributed by atoms with Gasteiger partial charge in [0.2, 0.25) is 0 Å². The summed E-state index contributed by atoms with van der Waals surface area (Å²) in [5, 5.41) is 47.6. The van der Waals surface area contributed by atoms with Gasteiger partial charge in [-0.3, -0.25) is 57.9 Å². The molecule has 0 bridgehead atoms. The Morgan fingerprint density at radius 2 is 0.521 bits per heavy atom. The van der Waals surface area contributed by atoms with Gasteiger partial charge < -0.3 is 72.9 Å². The van der Waals surface area contributed by atoms with Crippen molar-refractivity contribution in [2.24, 2.45) is 0 Å². The second-order valence-electron chi connectivity index (χ2n) is 33.1. The SMILES string of the molecule is CCCCCCCCCCCCCCCOC(COC(=O)CCCCCCCCCCCCCCC)C(OCCOCCOCCOCCOCCOC(=O)CC(C(=O)O)N(CCN(CC(=O)O)CC(=O)O)CCN(CC(=O)O)CC(=O)O)C(COC(=O)CCCCCCCCCCCCCCC)OC(=O)CCCCCCCCCCCCCCC. The molecule has 0 aliphatic heterocycles. The van der Waals surface area contributed by atoms with Crippen LogP contribution >= 0.6 is 0 Å². The number of ether oxygens (including phenoxy) is 10. The summed E-state index contributed by atoms with van der Waals surface area (Å²) < 4.78 is 60.3. The zero-order valence-electron chi connectivity index (χ0n) is 76.6. The van der Waals surface area contributed by atoms with Gasteiger partial charge in [-0.2, -0.15) is 0 Å². The second kappa shape index (κ2) is 88.3. The fraction of sp³-hybridized carbons (Fsp3) is 0.904. The van der Waals surface area contributed by atoms with Crippen molar-refractivity contribution in [3.8, 4) is 0 Å². The van der Waals surface area contributed by atoms with E-state index in [4.69, 9.17) is 47.4 Å². The molecule has 0 radical (unpaired) electrons. The van der Waals surface area contributed by atoms with Crippen LogP contribution in [0, 0.1) is 0 Å². The molecule has 0 aromatic rings. The van der Waals surface area contributed by atoms with E-state index < -0.39 is 98.7 Å². The molecule has 0 aromatic heterocycles. The topological polar surface area (TPSA) is 357 Å². The van der Waals surface area contributed by atoms with Crippen molar-refractivity contribution >= 4 is 53.7 Å². The molecule has 4 unspecified atom stereocenters. The molecule has 0 aliphatic rings. The van der Waals surface area contributed by atoms with Crippen LogP contribution in [0.5, 0.6) is 0 Å². The highest BCUT2D eigenvalue weighted by atomic mass is 16.6. The molecule has 0 aliphatic carbocycles. The first-order chi connectivity index (χ1) is 58.9. The van der Waals surface area contributed by atoms with E-state index in [2.05, 4.69) is 27.7 Å². The summed E-state index contributed by atoms with van der Waals surface area (Å²) in [5.74, 6) is -8.97. The van der Waals surface area contributed by atoms with Gasteiger partial charge in [-0.1, -0.05) is 336 Å². The van der Waals surface area contributed by atoms with E-state index in [0.29, 0.717) is 25.9 Å². The molecule has 0 aromatic carbocycles. The van der Waals surface area contributed by atoms with E-state index >= 15 is 0 Å². The van der Waals surface area contributed by atoms with E-state index in [1.165, 1.54) is 236 Å². The molecule has 27 heteroatoms. The van der Waals surface area contributed by atoms with Gasteiger partial charge in [0.1, 0.15) is 38.1 Å².